The number of hydrazone groups is 1. The van der Waals surface area contributed by atoms with Gasteiger partial charge in [-0.2, -0.15) is 13.9 Å². The maximum absolute atomic E-state index is 13.3. The standard InChI is InChI=1S/C14H10F4N2O/c15-10-3-6-13(12(16)7-10)20-19-8-9-1-4-11(5-2-9)21-14(17)18/h1-8,14,20H/b19-8+. The van der Waals surface area contributed by atoms with E-state index in [1.807, 2.05) is 0 Å². The van der Waals surface area contributed by atoms with E-state index in [0.717, 1.165) is 12.1 Å². The van der Waals surface area contributed by atoms with Gasteiger partial charge < -0.3 is 4.74 Å². The first-order valence-corrected chi connectivity index (χ1v) is 5.83. The first-order chi connectivity index (χ1) is 10.0. The van der Waals surface area contributed by atoms with Crippen LogP contribution in [0.4, 0.5) is 23.2 Å². The van der Waals surface area contributed by atoms with Gasteiger partial charge in [-0.3, -0.25) is 5.43 Å². The molecular weight excluding hydrogens is 288 g/mol. The molecule has 0 saturated heterocycles. The molecule has 0 radical (unpaired) electrons. The molecule has 110 valence electrons. The van der Waals surface area contributed by atoms with E-state index in [0.29, 0.717) is 5.56 Å². The van der Waals surface area contributed by atoms with Gasteiger partial charge in [-0.25, -0.2) is 8.78 Å². The molecule has 0 heterocycles. The van der Waals surface area contributed by atoms with Crippen molar-refractivity contribution in [3.8, 4) is 5.75 Å². The monoisotopic (exact) mass is 298 g/mol. The molecule has 21 heavy (non-hydrogen) atoms. The lowest BCUT2D eigenvalue weighted by Gasteiger charge is -2.04. The lowest BCUT2D eigenvalue weighted by Crippen LogP contribution is -2.01. The Morgan fingerprint density at radius 1 is 1.05 bits per heavy atom. The minimum absolute atomic E-state index is 0.0188. The van der Waals surface area contributed by atoms with Crippen LogP contribution in [0.1, 0.15) is 5.56 Å². The Bertz CT molecular complexity index is 629. The van der Waals surface area contributed by atoms with Crippen molar-refractivity contribution in [2.45, 2.75) is 6.61 Å². The lowest BCUT2D eigenvalue weighted by atomic mass is 10.2. The van der Waals surface area contributed by atoms with Gasteiger partial charge in [0.15, 0.2) is 5.82 Å². The third-order valence-electron chi connectivity index (χ3n) is 2.44. The lowest BCUT2D eigenvalue weighted by molar-refractivity contribution is -0.0498. The highest BCUT2D eigenvalue weighted by molar-refractivity contribution is 5.80. The normalized spacial score (nSPS) is 11.1. The summed E-state index contributed by atoms with van der Waals surface area (Å²) >= 11 is 0. The minimum Gasteiger partial charge on any atom is -0.435 e. The van der Waals surface area contributed by atoms with Crippen molar-refractivity contribution in [1.82, 2.24) is 0 Å². The van der Waals surface area contributed by atoms with Gasteiger partial charge in [0.1, 0.15) is 11.6 Å². The number of ether oxygens (including phenoxy) is 1. The Kier molecular flexibility index (Phi) is 4.76. The topological polar surface area (TPSA) is 33.6 Å². The smallest absolute Gasteiger partial charge is 0.387 e. The fourth-order valence-electron chi connectivity index (χ4n) is 1.49. The fraction of sp³-hybridized carbons (Fsp3) is 0.0714. The van der Waals surface area contributed by atoms with E-state index in [2.05, 4.69) is 15.3 Å². The zero-order valence-electron chi connectivity index (χ0n) is 10.6. The molecule has 0 aliphatic carbocycles. The number of benzene rings is 2. The molecule has 0 aliphatic heterocycles. The van der Waals surface area contributed by atoms with Crippen molar-refractivity contribution in [3.63, 3.8) is 0 Å². The van der Waals surface area contributed by atoms with Crippen LogP contribution in [-0.2, 0) is 0 Å². The Labute approximate surface area is 117 Å². The summed E-state index contributed by atoms with van der Waals surface area (Å²) in [4.78, 5) is 0. The molecule has 0 saturated carbocycles. The number of nitrogens with one attached hydrogen (secondary N) is 1. The second kappa shape index (κ2) is 6.74. The minimum atomic E-state index is -2.88. The molecular formula is C14H10F4N2O. The molecule has 0 unspecified atom stereocenters. The highest BCUT2D eigenvalue weighted by atomic mass is 19.3. The molecule has 2 aromatic carbocycles. The predicted molar refractivity (Wildman–Crippen MR) is 70.6 cm³/mol. The summed E-state index contributed by atoms with van der Waals surface area (Å²) in [6.45, 7) is -2.88. The van der Waals surface area contributed by atoms with Crippen molar-refractivity contribution in [1.29, 1.82) is 0 Å². The highest BCUT2D eigenvalue weighted by Crippen LogP contribution is 2.16. The Balaban J connectivity index is 1.98. The van der Waals surface area contributed by atoms with Crippen LogP contribution in [0.15, 0.2) is 47.6 Å². The Morgan fingerprint density at radius 3 is 2.38 bits per heavy atom. The maximum atomic E-state index is 13.3. The van der Waals surface area contributed by atoms with Gasteiger partial charge in [0, 0.05) is 6.07 Å². The molecule has 7 heteroatoms. The molecule has 2 rings (SSSR count). The summed E-state index contributed by atoms with van der Waals surface area (Å²) in [5.74, 6) is -1.43. The third-order valence-corrected chi connectivity index (χ3v) is 2.44. The van der Waals surface area contributed by atoms with Crippen molar-refractivity contribution in [3.05, 3.63) is 59.7 Å². The van der Waals surface area contributed by atoms with E-state index in [9.17, 15) is 17.6 Å². The highest BCUT2D eigenvalue weighted by Gasteiger charge is 2.03. The van der Waals surface area contributed by atoms with Gasteiger partial charge >= 0.3 is 6.61 Å². The Hall–Kier alpha value is -2.57. The summed E-state index contributed by atoms with van der Waals surface area (Å²) in [6.07, 6.45) is 1.36. The van der Waals surface area contributed by atoms with Crippen LogP contribution < -0.4 is 10.2 Å². The number of nitrogens with zero attached hydrogens (tertiary/aromatic N) is 1. The predicted octanol–water partition coefficient (Wildman–Crippen LogP) is 4.01. The van der Waals surface area contributed by atoms with Crippen LogP contribution in [0.5, 0.6) is 5.75 Å². The zero-order chi connectivity index (χ0) is 15.2. The largest absolute Gasteiger partial charge is 0.435 e. The van der Waals surface area contributed by atoms with Gasteiger partial charge in [-0.15, -0.1) is 0 Å². The van der Waals surface area contributed by atoms with Crippen LogP contribution in [0.2, 0.25) is 0 Å². The van der Waals surface area contributed by atoms with Crippen molar-refractivity contribution >= 4 is 11.9 Å². The first kappa shape index (κ1) is 14.8. The van der Waals surface area contributed by atoms with Crippen LogP contribution >= 0.6 is 0 Å². The average Bonchev–Trinajstić information content (AvgIpc) is 2.42. The van der Waals surface area contributed by atoms with E-state index >= 15 is 0 Å². The van der Waals surface area contributed by atoms with Crippen LogP contribution in [-0.4, -0.2) is 12.8 Å². The van der Waals surface area contributed by atoms with Crippen LogP contribution in [0.25, 0.3) is 0 Å². The summed E-state index contributed by atoms with van der Waals surface area (Å²) in [5, 5.41) is 3.77. The van der Waals surface area contributed by atoms with Crippen LogP contribution in [0, 0.1) is 11.6 Å². The molecule has 1 N–H and O–H groups in total. The van der Waals surface area contributed by atoms with Gasteiger partial charge in [0.25, 0.3) is 0 Å². The van der Waals surface area contributed by atoms with Crippen molar-refractivity contribution < 1.29 is 22.3 Å². The SMILES string of the molecule is Fc1ccc(N/N=C/c2ccc(OC(F)F)cc2)c(F)c1. The summed E-state index contributed by atoms with van der Waals surface area (Å²) in [6, 6.07) is 8.75. The molecule has 0 spiro atoms. The van der Waals surface area contributed by atoms with Gasteiger partial charge in [0.05, 0.1) is 11.9 Å². The molecule has 0 bridgehead atoms. The Morgan fingerprint density at radius 2 is 1.76 bits per heavy atom. The number of halogens is 4. The van der Waals surface area contributed by atoms with Gasteiger partial charge in [-0.05, 0) is 42.0 Å². The van der Waals surface area contributed by atoms with Gasteiger partial charge in [0.2, 0.25) is 0 Å². The third kappa shape index (κ3) is 4.48. The quantitative estimate of drug-likeness (QED) is 0.514. The maximum Gasteiger partial charge on any atom is 0.387 e. The molecule has 2 aromatic rings. The van der Waals surface area contributed by atoms with Crippen LogP contribution in [0.3, 0.4) is 0 Å². The molecule has 0 aromatic heterocycles. The molecule has 0 aliphatic rings. The van der Waals surface area contributed by atoms with E-state index in [1.54, 1.807) is 0 Å². The summed E-state index contributed by atoms with van der Waals surface area (Å²) in [5.41, 5.74) is 3.02. The van der Waals surface area contributed by atoms with E-state index < -0.39 is 18.2 Å². The first-order valence-electron chi connectivity index (χ1n) is 5.83. The average molecular weight is 298 g/mol. The summed E-state index contributed by atoms with van der Waals surface area (Å²) < 4.78 is 54.1. The number of alkyl halides is 2. The van der Waals surface area contributed by atoms with Crippen molar-refractivity contribution in [2.75, 3.05) is 5.43 Å². The van der Waals surface area contributed by atoms with E-state index in [4.69, 9.17) is 0 Å². The molecule has 3 nitrogen and oxygen atoms in total. The second-order valence-electron chi connectivity index (χ2n) is 3.94. The number of anilines is 1. The van der Waals surface area contributed by atoms with Gasteiger partial charge in [-0.1, -0.05) is 0 Å². The fourth-order valence-corrected chi connectivity index (χ4v) is 1.49. The van der Waals surface area contributed by atoms with E-state index in [-0.39, 0.29) is 11.4 Å². The number of hydrogen-bond acceptors (Lipinski definition) is 3. The number of hydrogen-bond donors (Lipinski definition) is 1. The van der Waals surface area contributed by atoms with Crippen molar-refractivity contribution in [2.24, 2.45) is 5.10 Å². The molecule has 0 fully saturated rings. The van der Waals surface area contributed by atoms with E-state index in [1.165, 1.54) is 36.5 Å². The number of rotatable bonds is 5. The second-order valence-corrected chi connectivity index (χ2v) is 3.94. The molecule has 0 amide bonds. The molecule has 0 atom stereocenters. The zero-order valence-corrected chi connectivity index (χ0v) is 10.6. The summed E-state index contributed by atoms with van der Waals surface area (Å²) in [7, 11) is 0.